The van der Waals surface area contributed by atoms with E-state index < -0.39 is 0 Å². The van der Waals surface area contributed by atoms with Crippen LogP contribution in [0.15, 0.2) is 13.6 Å². The van der Waals surface area contributed by atoms with Crippen LogP contribution in [0.3, 0.4) is 0 Å². The van der Waals surface area contributed by atoms with Crippen LogP contribution in [0.5, 0.6) is 0 Å². The van der Waals surface area contributed by atoms with Gasteiger partial charge in [0.2, 0.25) is 0 Å². The predicted octanol–water partition coefficient (Wildman–Crippen LogP) is 4.35. The molecule has 1 aromatic heterocycles. The van der Waals surface area contributed by atoms with Crippen molar-refractivity contribution in [3.8, 4) is 0 Å². The third-order valence-electron chi connectivity index (χ3n) is 3.07. The molecule has 0 bridgehead atoms. The van der Waals surface area contributed by atoms with Crippen molar-refractivity contribution in [1.82, 2.24) is 5.32 Å². The highest BCUT2D eigenvalue weighted by Gasteiger charge is 2.28. The van der Waals surface area contributed by atoms with Crippen LogP contribution < -0.4 is 5.32 Å². The Bertz CT molecular complexity index is 363. The first kappa shape index (κ1) is 14.0. The maximum atomic E-state index is 5.52. The zero-order valence-electron chi connectivity index (χ0n) is 9.84. The van der Waals surface area contributed by atoms with Crippen molar-refractivity contribution in [3.05, 3.63) is 19.2 Å². The van der Waals surface area contributed by atoms with Gasteiger partial charge >= 0.3 is 0 Å². The molecule has 17 heavy (non-hydrogen) atoms. The second-order valence-corrected chi connectivity index (χ2v) is 8.08. The van der Waals surface area contributed by atoms with Gasteiger partial charge < -0.3 is 10.1 Å². The summed E-state index contributed by atoms with van der Waals surface area (Å²) < 4.78 is 7.93. The fourth-order valence-electron chi connectivity index (χ4n) is 2.21. The maximum Gasteiger partial charge on any atom is 0.0758 e. The summed E-state index contributed by atoms with van der Waals surface area (Å²) in [7, 11) is 0. The van der Waals surface area contributed by atoms with Crippen molar-refractivity contribution in [3.63, 3.8) is 0 Å². The van der Waals surface area contributed by atoms with Gasteiger partial charge in [-0.2, -0.15) is 0 Å². The highest BCUT2D eigenvalue weighted by Crippen LogP contribution is 2.39. The second kappa shape index (κ2) is 6.66. The molecule has 0 saturated carbocycles. The number of rotatable bonds is 5. The molecule has 2 unspecified atom stereocenters. The molecule has 1 saturated heterocycles. The first-order chi connectivity index (χ1) is 8.22. The van der Waals surface area contributed by atoms with Crippen LogP contribution in [0.2, 0.25) is 0 Å². The van der Waals surface area contributed by atoms with E-state index in [1.807, 2.05) is 0 Å². The van der Waals surface area contributed by atoms with Gasteiger partial charge in [-0.25, -0.2) is 0 Å². The van der Waals surface area contributed by atoms with Crippen molar-refractivity contribution in [1.29, 1.82) is 0 Å². The summed E-state index contributed by atoms with van der Waals surface area (Å²) in [5.41, 5.74) is 1.37. The molecular weight excluding hydrogens is 366 g/mol. The van der Waals surface area contributed by atoms with Crippen LogP contribution in [0.25, 0.3) is 0 Å². The van der Waals surface area contributed by atoms with E-state index in [4.69, 9.17) is 4.74 Å². The smallest absolute Gasteiger partial charge is 0.0758 e. The first-order valence-corrected chi connectivity index (χ1v) is 8.38. The summed E-state index contributed by atoms with van der Waals surface area (Å²) in [6.45, 7) is 5.04. The van der Waals surface area contributed by atoms with Gasteiger partial charge in [-0.1, -0.05) is 6.92 Å². The number of thiophene rings is 1. The molecule has 96 valence electrons. The quantitative estimate of drug-likeness (QED) is 0.817. The number of nitrogens with one attached hydrogen (secondary N) is 1. The number of ether oxygens (including phenoxy) is 1. The molecule has 2 rings (SSSR count). The van der Waals surface area contributed by atoms with E-state index in [-0.39, 0.29) is 0 Å². The second-order valence-electron chi connectivity index (χ2n) is 4.34. The molecular formula is C12H17Br2NOS. The van der Waals surface area contributed by atoms with Crippen molar-refractivity contribution in [2.45, 2.75) is 25.8 Å². The zero-order chi connectivity index (χ0) is 12.3. The number of halogens is 2. The summed E-state index contributed by atoms with van der Waals surface area (Å²) >= 11 is 8.96. The van der Waals surface area contributed by atoms with Gasteiger partial charge in [-0.15, -0.1) is 11.3 Å². The molecule has 1 aliphatic rings. The predicted molar refractivity (Wildman–Crippen MR) is 79.7 cm³/mol. The molecule has 2 heterocycles. The van der Waals surface area contributed by atoms with Crippen molar-refractivity contribution >= 4 is 43.2 Å². The number of hydrogen-bond acceptors (Lipinski definition) is 3. The lowest BCUT2D eigenvalue weighted by Gasteiger charge is -2.23. The van der Waals surface area contributed by atoms with E-state index in [9.17, 15) is 0 Å². The van der Waals surface area contributed by atoms with E-state index in [0.29, 0.717) is 12.0 Å². The van der Waals surface area contributed by atoms with Crippen LogP contribution in [-0.2, 0) is 4.74 Å². The normalized spacial score (nSPS) is 21.9. The third-order valence-corrected chi connectivity index (χ3v) is 5.45. The van der Waals surface area contributed by atoms with Crippen molar-refractivity contribution in [2.75, 3.05) is 19.8 Å². The average Bonchev–Trinajstić information content (AvgIpc) is 2.90. The zero-order valence-corrected chi connectivity index (χ0v) is 13.8. The van der Waals surface area contributed by atoms with E-state index in [2.05, 4.69) is 50.2 Å². The molecule has 1 N–H and O–H groups in total. The van der Waals surface area contributed by atoms with Crippen LogP contribution in [0.4, 0.5) is 0 Å². The Morgan fingerprint density at radius 2 is 2.41 bits per heavy atom. The van der Waals surface area contributed by atoms with E-state index in [1.165, 1.54) is 13.1 Å². The summed E-state index contributed by atoms with van der Waals surface area (Å²) in [6, 6.07) is 2.63. The molecule has 0 radical (unpaired) electrons. The molecule has 5 heteroatoms. The SMILES string of the molecule is CCCNC(c1cc(Br)sc1Br)C1CCOC1. The lowest BCUT2D eigenvalue weighted by atomic mass is 9.94. The monoisotopic (exact) mass is 381 g/mol. The highest BCUT2D eigenvalue weighted by molar-refractivity contribution is 9.12. The minimum absolute atomic E-state index is 0.411. The fourth-order valence-corrected chi connectivity index (χ4v) is 5.14. The largest absolute Gasteiger partial charge is 0.381 e. The Hall–Kier alpha value is 0.580. The Kier molecular flexibility index (Phi) is 5.49. The topological polar surface area (TPSA) is 21.3 Å². The lowest BCUT2D eigenvalue weighted by molar-refractivity contribution is 0.176. The third kappa shape index (κ3) is 3.53. The molecule has 0 spiro atoms. The molecule has 1 aliphatic heterocycles. The van der Waals surface area contributed by atoms with E-state index in [0.717, 1.165) is 32.6 Å². The lowest BCUT2D eigenvalue weighted by Crippen LogP contribution is -2.29. The Labute approximate surface area is 123 Å². The average molecular weight is 383 g/mol. The molecule has 0 amide bonds. The molecule has 2 atom stereocenters. The molecule has 0 aromatic carbocycles. The van der Waals surface area contributed by atoms with Gasteiger partial charge in [-0.3, -0.25) is 0 Å². The molecule has 1 fully saturated rings. The molecule has 1 aromatic rings. The molecule has 0 aliphatic carbocycles. The van der Waals surface area contributed by atoms with Gasteiger partial charge in [0.05, 0.1) is 14.2 Å². The van der Waals surface area contributed by atoms with Gasteiger partial charge in [0.15, 0.2) is 0 Å². The summed E-state index contributed by atoms with van der Waals surface area (Å²) in [5, 5.41) is 3.66. The van der Waals surface area contributed by atoms with Gasteiger partial charge in [-0.05, 0) is 62.9 Å². The van der Waals surface area contributed by atoms with Crippen LogP contribution in [0, 0.1) is 5.92 Å². The van der Waals surface area contributed by atoms with Gasteiger partial charge in [0.25, 0.3) is 0 Å². The fraction of sp³-hybridized carbons (Fsp3) is 0.667. The minimum atomic E-state index is 0.411. The first-order valence-electron chi connectivity index (χ1n) is 5.98. The number of hydrogen-bond donors (Lipinski definition) is 1. The van der Waals surface area contributed by atoms with Crippen LogP contribution in [-0.4, -0.2) is 19.8 Å². The highest BCUT2D eigenvalue weighted by atomic mass is 79.9. The van der Waals surface area contributed by atoms with Gasteiger partial charge in [0.1, 0.15) is 0 Å². The Morgan fingerprint density at radius 3 is 2.94 bits per heavy atom. The standard InChI is InChI=1S/C12H17Br2NOS/c1-2-4-15-11(8-3-5-16-7-8)9-6-10(13)17-12(9)14/h6,8,11,15H,2-5,7H2,1H3. The molecule has 2 nitrogen and oxygen atoms in total. The summed E-state index contributed by atoms with van der Waals surface area (Å²) in [5.74, 6) is 0.597. The van der Waals surface area contributed by atoms with Gasteiger partial charge in [0, 0.05) is 18.6 Å². The van der Waals surface area contributed by atoms with Crippen molar-refractivity contribution in [2.24, 2.45) is 5.92 Å². The van der Waals surface area contributed by atoms with Crippen LogP contribution in [0.1, 0.15) is 31.4 Å². The summed E-state index contributed by atoms with van der Waals surface area (Å²) in [6.07, 6.45) is 2.31. The minimum Gasteiger partial charge on any atom is -0.381 e. The maximum absolute atomic E-state index is 5.52. The summed E-state index contributed by atoms with van der Waals surface area (Å²) in [4.78, 5) is 0. The van der Waals surface area contributed by atoms with E-state index >= 15 is 0 Å². The Balaban J connectivity index is 2.16. The van der Waals surface area contributed by atoms with Crippen molar-refractivity contribution < 1.29 is 4.74 Å². The van der Waals surface area contributed by atoms with Crippen LogP contribution >= 0.6 is 43.2 Å². The van der Waals surface area contributed by atoms with E-state index in [1.54, 1.807) is 11.3 Å². The Morgan fingerprint density at radius 1 is 1.59 bits per heavy atom.